The van der Waals surface area contributed by atoms with E-state index in [1.54, 1.807) is 6.92 Å². The Morgan fingerprint density at radius 1 is 1.39 bits per heavy atom. The molecule has 0 radical (unpaired) electrons. The van der Waals surface area contributed by atoms with E-state index in [0.717, 1.165) is 19.5 Å². The largest absolute Gasteiger partial charge is 0.342 e. The lowest BCUT2D eigenvalue weighted by Gasteiger charge is -2.15. The van der Waals surface area contributed by atoms with Crippen molar-refractivity contribution < 1.29 is 9.59 Å². The van der Waals surface area contributed by atoms with Crippen molar-refractivity contribution in [2.45, 2.75) is 20.3 Å². The van der Waals surface area contributed by atoms with Crippen LogP contribution in [0.25, 0.3) is 0 Å². The number of hydrogen-bond acceptors (Lipinski definition) is 2. The molecule has 1 heterocycles. The molecule has 1 aliphatic heterocycles. The fourth-order valence-electron chi connectivity index (χ4n) is 2.41. The molecule has 2 aliphatic rings. The van der Waals surface area contributed by atoms with Crippen LogP contribution in [0, 0.1) is 11.8 Å². The Morgan fingerprint density at radius 3 is 2.72 bits per heavy atom. The van der Waals surface area contributed by atoms with Gasteiger partial charge in [0.25, 0.3) is 0 Å². The second kappa shape index (κ2) is 6.94. The van der Waals surface area contributed by atoms with Gasteiger partial charge in [-0.25, -0.2) is 0 Å². The second-order valence-corrected chi connectivity index (χ2v) is 4.72. The summed E-state index contributed by atoms with van der Waals surface area (Å²) >= 11 is 0. The van der Waals surface area contributed by atoms with Crippen LogP contribution in [0.3, 0.4) is 0 Å². The van der Waals surface area contributed by atoms with Gasteiger partial charge in [0.05, 0.1) is 0 Å². The molecule has 2 unspecified atom stereocenters. The van der Waals surface area contributed by atoms with Crippen LogP contribution in [0.15, 0.2) is 36.0 Å². The van der Waals surface area contributed by atoms with Crippen LogP contribution in [-0.2, 0) is 9.59 Å². The number of nitrogens with zero attached hydrogens (tertiary/aromatic N) is 1. The average molecular weight is 247 g/mol. The summed E-state index contributed by atoms with van der Waals surface area (Å²) in [6.45, 7) is 7.65. The standard InChI is InChI=1S/C14H19NO.CH2O/c1-11-5-3-4-6-13(9-11)14-7-8-15(10-14)12(2)16;1-2/h3-6,9,11,14H,7-8,10H2,1-2H3;1H2. The van der Waals surface area contributed by atoms with Crippen molar-refractivity contribution in [2.75, 3.05) is 13.1 Å². The van der Waals surface area contributed by atoms with E-state index >= 15 is 0 Å². The van der Waals surface area contributed by atoms with E-state index in [0.29, 0.717) is 11.8 Å². The Kier molecular flexibility index (Phi) is 5.56. The monoisotopic (exact) mass is 247 g/mol. The molecule has 98 valence electrons. The molecule has 18 heavy (non-hydrogen) atoms. The van der Waals surface area contributed by atoms with Gasteiger partial charge in [0.15, 0.2) is 0 Å². The van der Waals surface area contributed by atoms with Gasteiger partial charge in [0, 0.05) is 25.9 Å². The molecule has 2 rings (SSSR count). The zero-order valence-corrected chi connectivity index (χ0v) is 11.1. The van der Waals surface area contributed by atoms with Crippen LogP contribution in [0.4, 0.5) is 0 Å². The molecule has 3 heteroatoms. The third kappa shape index (κ3) is 3.69. The third-order valence-electron chi connectivity index (χ3n) is 3.37. The second-order valence-electron chi connectivity index (χ2n) is 4.72. The van der Waals surface area contributed by atoms with E-state index in [9.17, 15) is 4.79 Å². The summed E-state index contributed by atoms with van der Waals surface area (Å²) in [5.74, 6) is 1.23. The summed E-state index contributed by atoms with van der Waals surface area (Å²) in [7, 11) is 0. The number of rotatable bonds is 1. The van der Waals surface area contributed by atoms with E-state index in [2.05, 4.69) is 37.3 Å². The molecule has 0 spiro atoms. The first-order chi connectivity index (χ1) is 8.66. The van der Waals surface area contributed by atoms with E-state index < -0.39 is 0 Å². The van der Waals surface area contributed by atoms with Gasteiger partial charge < -0.3 is 9.69 Å². The SMILES string of the molecule is C=O.CC(=O)N1CCC(C2=CC(C)C=CC=C2)C1. The fourth-order valence-corrected chi connectivity index (χ4v) is 2.41. The van der Waals surface area contributed by atoms with Gasteiger partial charge in [-0.3, -0.25) is 4.79 Å². The quantitative estimate of drug-likeness (QED) is 0.713. The van der Waals surface area contributed by atoms with Crippen LogP contribution in [0.5, 0.6) is 0 Å². The minimum Gasteiger partial charge on any atom is -0.342 e. The first-order valence-corrected chi connectivity index (χ1v) is 6.28. The van der Waals surface area contributed by atoms with E-state index in [1.165, 1.54) is 5.57 Å². The predicted octanol–water partition coefficient (Wildman–Crippen LogP) is 2.36. The van der Waals surface area contributed by atoms with E-state index in [4.69, 9.17) is 4.79 Å². The molecule has 0 aromatic carbocycles. The minimum absolute atomic E-state index is 0.201. The zero-order chi connectivity index (χ0) is 13.5. The number of likely N-dealkylation sites (tertiary alicyclic amines) is 1. The van der Waals surface area contributed by atoms with Gasteiger partial charge in [-0.2, -0.15) is 0 Å². The van der Waals surface area contributed by atoms with Gasteiger partial charge in [0.1, 0.15) is 6.79 Å². The highest BCUT2D eigenvalue weighted by atomic mass is 16.2. The summed E-state index contributed by atoms with van der Waals surface area (Å²) in [5, 5.41) is 0. The van der Waals surface area contributed by atoms with Crippen LogP contribution in [0.2, 0.25) is 0 Å². The zero-order valence-electron chi connectivity index (χ0n) is 11.1. The van der Waals surface area contributed by atoms with Crippen LogP contribution >= 0.6 is 0 Å². The summed E-state index contributed by atoms with van der Waals surface area (Å²) < 4.78 is 0. The summed E-state index contributed by atoms with van der Waals surface area (Å²) in [6.07, 6.45) is 12.0. The number of amides is 1. The Labute approximate surface area is 109 Å². The molecular formula is C15H21NO2. The summed E-state index contributed by atoms with van der Waals surface area (Å²) in [4.78, 5) is 21.2. The average Bonchev–Trinajstić information content (AvgIpc) is 2.76. The minimum atomic E-state index is 0.201. The van der Waals surface area contributed by atoms with Gasteiger partial charge in [-0.15, -0.1) is 0 Å². The molecule has 0 aromatic rings. The summed E-state index contributed by atoms with van der Waals surface area (Å²) in [6, 6.07) is 0. The molecule has 1 aliphatic carbocycles. The number of hydrogen-bond donors (Lipinski definition) is 0. The lowest BCUT2D eigenvalue weighted by molar-refractivity contribution is -0.127. The van der Waals surface area contributed by atoms with Gasteiger partial charge >= 0.3 is 0 Å². The van der Waals surface area contributed by atoms with Crippen molar-refractivity contribution in [3.8, 4) is 0 Å². The highest BCUT2D eigenvalue weighted by Crippen LogP contribution is 2.27. The van der Waals surface area contributed by atoms with Crippen LogP contribution in [0.1, 0.15) is 20.3 Å². The Morgan fingerprint density at radius 2 is 2.11 bits per heavy atom. The molecule has 0 saturated carbocycles. The molecule has 0 aromatic heterocycles. The highest BCUT2D eigenvalue weighted by molar-refractivity contribution is 5.73. The van der Waals surface area contributed by atoms with Crippen molar-refractivity contribution in [1.29, 1.82) is 0 Å². The fraction of sp³-hybridized carbons (Fsp3) is 0.467. The maximum absolute atomic E-state index is 11.3. The molecule has 0 bridgehead atoms. The normalized spacial score (nSPS) is 26.1. The van der Waals surface area contributed by atoms with Crippen molar-refractivity contribution in [1.82, 2.24) is 4.90 Å². The Balaban J connectivity index is 0.000000771. The number of allylic oxidation sites excluding steroid dienone is 5. The first-order valence-electron chi connectivity index (χ1n) is 6.28. The molecule has 3 nitrogen and oxygen atoms in total. The van der Waals surface area contributed by atoms with Crippen molar-refractivity contribution in [2.24, 2.45) is 11.8 Å². The maximum Gasteiger partial charge on any atom is 0.219 e. The van der Waals surface area contributed by atoms with Gasteiger partial charge in [-0.05, 0) is 17.9 Å². The summed E-state index contributed by atoms with van der Waals surface area (Å²) in [5.41, 5.74) is 1.39. The topological polar surface area (TPSA) is 37.4 Å². The van der Waals surface area contributed by atoms with Gasteiger partial charge in [0.2, 0.25) is 5.91 Å². The first kappa shape index (κ1) is 14.4. The smallest absolute Gasteiger partial charge is 0.219 e. The predicted molar refractivity (Wildman–Crippen MR) is 73.0 cm³/mol. The van der Waals surface area contributed by atoms with E-state index in [-0.39, 0.29) is 5.91 Å². The Hall–Kier alpha value is -1.64. The lowest BCUT2D eigenvalue weighted by Crippen LogP contribution is -2.26. The number of carbonyl (C=O) groups is 2. The molecule has 2 atom stereocenters. The third-order valence-corrected chi connectivity index (χ3v) is 3.37. The van der Waals surface area contributed by atoms with Crippen LogP contribution < -0.4 is 0 Å². The van der Waals surface area contributed by atoms with E-state index in [1.807, 2.05) is 11.7 Å². The molecular weight excluding hydrogens is 226 g/mol. The molecule has 1 amide bonds. The highest BCUT2D eigenvalue weighted by Gasteiger charge is 2.26. The maximum atomic E-state index is 11.3. The van der Waals surface area contributed by atoms with Crippen molar-refractivity contribution >= 4 is 12.7 Å². The van der Waals surface area contributed by atoms with Crippen LogP contribution in [-0.4, -0.2) is 30.7 Å². The van der Waals surface area contributed by atoms with Crippen molar-refractivity contribution in [3.63, 3.8) is 0 Å². The number of carbonyl (C=O) groups excluding carboxylic acids is 2. The molecule has 1 fully saturated rings. The molecule has 0 N–H and O–H groups in total. The Bertz CT molecular complexity index is 382. The van der Waals surface area contributed by atoms with Gasteiger partial charge in [-0.1, -0.05) is 37.3 Å². The molecule has 1 saturated heterocycles. The van der Waals surface area contributed by atoms with Crippen molar-refractivity contribution in [3.05, 3.63) is 36.0 Å². The lowest BCUT2D eigenvalue weighted by atomic mass is 9.95.